The van der Waals surface area contributed by atoms with Crippen molar-refractivity contribution in [2.45, 2.75) is 20.4 Å². The Balaban J connectivity index is 1.53. The van der Waals surface area contributed by atoms with Crippen LogP contribution in [0, 0.1) is 6.92 Å². The highest BCUT2D eigenvalue weighted by atomic mass is 32.1. The van der Waals surface area contributed by atoms with Crippen LogP contribution in [0.2, 0.25) is 0 Å². The molecule has 2 aromatic rings. The van der Waals surface area contributed by atoms with Crippen LogP contribution in [0.25, 0.3) is 0 Å². The number of hydrogen-bond acceptors (Lipinski definition) is 7. The second-order valence-electron chi connectivity index (χ2n) is 6.76. The van der Waals surface area contributed by atoms with E-state index in [9.17, 15) is 9.59 Å². The number of urea groups is 1. The molecule has 1 aliphatic rings. The molecule has 3 N–H and O–H groups in total. The molecule has 0 unspecified atom stereocenters. The van der Waals surface area contributed by atoms with Crippen LogP contribution in [0.15, 0.2) is 18.3 Å². The van der Waals surface area contributed by atoms with Crippen LogP contribution in [0.5, 0.6) is 0 Å². The number of thiazole rings is 1. The van der Waals surface area contributed by atoms with Gasteiger partial charge in [0.25, 0.3) is 5.91 Å². The van der Waals surface area contributed by atoms with E-state index in [0.29, 0.717) is 17.4 Å². The number of aryl methyl sites for hydroxylation is 1. The van der Waals surface area contributed by atoms with Crippen LogP contribution in [-0.4, -0.2) is 66.6 Å². The fourth-order valence-electron chi connectivity index (χ4n) is 3.25. The van der Waals surface area contributed by atoms with Crippen molar-refractivity contribution < 1.29 is 9.59 Å². The predicted octanol–water partition coefficient (Wildman–Crippen LogP) is 1.67. The third kappa shape index (κ3) is 5.42. The maximum absolute atomic E-state index is 11.7. The van der Waals surface area contributed by atoms with Crippen molar-refractivity contribution in [1.29, 1.82) is 0 Å². The topological polar surface area (TPSA) is 102 Å². The number of anilines is 2. The van der Waals surface area contributed by atoms with Crippen molar-refractivity contribution >= 4 is 34.1 Å². The minimum Gasteiger partial charge on any atom is -0.368 e. The summed E-state index contributed by atoms with van der Waals surface area (Å²) in [7, 11) is 1.61. The number of nitrogens with zero attached hydrogens (tertiary/aromatic N) is 4. The van der Waals surface area contributed by atoms with E-state index < -0.39 is 0 Å². The molecule has 156 valence electrons. The minimum atomic E-state index is -0.228. The molecule has 0 bridgehead atoms. The summed E-state index contributed by atoms with van der Waals surface area (Å²) in [5.74, 6) is -0.171. The Morgan fingerprint density at radius 3 is 2.62 bits per heavy atom. The van der Waals surface area contributed by atoms with Crippen molar-refractivity contribution in [2.75, 3.05) is 50.0 Å². The molecule has 2 aromatic heterocycles. The monoisotopic (exact) mass is 417 g/mol. The number of rotatable bonds is 6. The van der Waals surface area contributed by atoms with E-state index in [1.165, 1.54) is 11.3 Å². The number of hydrogen-bond donors (Lipinski definition) is 3. The molecule has 0 atom stereocenters. The maximum Gasteiger partial charge on any atom is 0.321 e. The molecule has 0 saturated carbocycles. The molecule has 1 saturated heterocycles. The Morgan fingerprint density at radius 1 is 1.21 bits per heavy atom. The predicted molar refractivity (Wildman–Crippen MR) is 115 cm³/mol. The molecule has 3 rings (SSSR count). The number of piperazine rings is 1. The van der Waals surface area contributed by atoms with Crippen molar-refractivity contribution in [3.8, 4) is 0 Å². The van der Waals surface area contributed by atoms with E-state index in [4.69, 9.17) is 0 Å². The molecule has 9 nitrogen and oxygen atoms in total. The zero-order valence-electron chi connectivity index (χ0n) is 17.0. The fraction of sp³-hybridized carbons (Fsp3) is 0.474. The summed E-state index contributed by atoms with van der Waals surface area (Å²) >= 11 is 1.50. The molecule has 29 heavy (non-hydrogen) atoms. The van der Waals surface area contributed by atoms with Crippen molar-refractivity contribution in [3.05, 3.63) is 34.6 Å². The Labute approximate surface area is 174 Å². The lowest BCUT2D eigenvalue weighted by Gasteiger charge is -2.36. The first-order chi connectivity index (χ1) is 14.0. The molecular weight excluding hydrogens is 390 g/mol. The van der Waals surface area contributed by atoms with Gasteiger partial charge < -0.3 is 15.5 Å². The summed E-state index contributed by atoms with van der Waals surface area (Å²) in [5, 5.41) is 8.66. The van der Waals surface area contributed by atoms with E-state index in [1.807, 2.05) is 26.1 Å². The standard InChI is InChI=1S/C19H27N7O2S/c1-4-21-18(28)24-19-22-11-14(29-19)12-25-7-9-26(10-8-25)16-6-5-15(17(27)20-3)23-13(16)2/h5-6,11H,4,7-10,12H2,1-3H3,(H,20,27)(H2,21,22,24,28). The van der Waals surface area contributed by atoms with Crippen molar-refractivity contribution in [2.24, 2.45) is 0 Å². The van der Waals surface area contributed by atoms with Gasteiger partial charge >= 0.3 is 6.03 Å². The summed E-state index contributed by atoms with van der Waals surface area (Å²) in [6.07, 6.45) is 1.82. The number of nitrogens with one attached hydrogen (secondary N) is 3. The Bertz CT molecular complexity index is 862. The van der Waals surface area contributed by atoms with E-state index in [1.54, 1.807) is 13.1 Å². The van der Waals surface area contributed by atoms with Gasteiger partial charge in [0.05, 0.1) is 11.4 Å². The Hall–Kier alpha value is -2.72. The second-order valence-corrected chi connectivity index (χ2v) is 7.87. The van der Waals surface area contributed by atoms with Gasteiger partial charge in [-0.05, 0) is 26.0 Å². The fourth-order valence-corrected chi connectivity index (χ4v) is 4.10. The first-order valence-corrected chi connectivity index (χ1v) is 10.5. The Kier molecular flexibility index (Phi) is 6.99. The normalized spacial score (nSPS) is 14.5. The van der Waals surface area contributed by atoms with Gasteiger partial charge in [0, 0.05) is 57.4 Å². The van der Waals surface area contributed by atoms with Gasteiger partial charge in [0.2, 0.25) is 0 Å². The molecule has 10 heteroatoms. The summed E-state index contributed by atoms with van der Waals surface area (Å²) < 4.78 is 0. The summed E-state index contributed by atoms with van der Waals surface area (Å²) in [5.41, 5.74) is 2.38. The highest BCUT2D eigenvalue weighted by Gasteiger charge is 2.20. The lowest BCUT2D eigenvalue weighted by molar-refractivity contribution is 0.0958. The summed E-state index contributed by atoms with van der Waals surface area (Å²) in [4.78, 5) is 37.8. The molecule has 3 amide bonds. The Morgan fingerprint density at radius 2 is 1.97 bits per heavy atom. The van der Waals surface area contributed by atoms with Gasteiger partial charge in [-0.2, -0.15) is 0 Å². The van der Waals surface area contributed by atoms with E-state index >= 15 is 0 Å². The number of aromatic nitrogens is 2. The maximum atomic E-state index is 11.7. The van der Waals surface area contributed by atoms with E-state index in [2.05, 4.69) is 35.7 Å². The van der Waals surface area contributed by atoms with Gasteiger partial charge in [0.15, 0.2) is 5.13 Å². The highest BCUT2D eigenvalue weighted by molar-refractivity contribution is 7.15. The molecule has 0 aliphatic carbocycles. The minimum absolute atomic E-state index is 0.171. The second kappa shape index (κ2) is 9.66. The molecule has 0 radical (unpaired) electrons. The zero-order valence-corrected chi connectivity index (χ0v) is 17.8. The van der Waals surface area contributed by atoms with Crippen molar-refractivity contribution in [1.82, 2.24) is 25.5 Å². The average Bonchev–Trinajstić information content (AvgIpc) is 3.14. The lowest BCUT2D eigenvalue weighted by atomic mass is 10.2. The number of carbonyl (C=O) groups is 2. The molecular formula is C19H27N7O2S. The van der Waals surface area contributed by atoms with Gasteiger partial charge in [-0.3, -0.25) is 15.0 Å². The van der Waals surface area contributed by atoms with E-state index in [0.717, 1.165) is 49.0 Å². The van der Waals surface area contributed by atoms with E-state index in [-0.39, 0.29) is 11.9 Å². The third-order valence-corrected chi connectivity index (χ3v) is 5.62. The lowest BCUT2D eigenvalue weighted by Crippen LogP contribution is -2.46. The first-order valence-electron chi connectivity index (χ1n) is 9.66. The zero-order chi connectivity index (χ0) is 20.8. The van der Waals surface area contributed by atoms with Crippen LogP contribution in [0.3, 0.4) is 0 Å². The SMILES string of the molecule is CCNC(=O)Nc1ncc(CN2CCN(c3ccc(C(=O)NC)nc3C)CC2)s1. The average molecular weight is 418 g/mol. The summed E-state index contributed by atoms with van der Waals surface area (Å²) in [6.45, 7) is 8.85. The number of pyridine rings is 1. The quantitative estimate of drug-likeness (QED) is 0.661. The van der Waals surface area contributed by atoms with Gasteiger partial charge in [-0.25, -0.2) is 14.8 Å². The molecule has 1 fully saturated rings. The molecule has 1 aliphatic heterocycles. The molecule has 0 aromatic carbocycles. The smallest absolute Gasteiger partial charge is 0.321 e. The molecule has 0 spiro atoms. The van der Waals surface area contributed by atoms with Crippen LogP contribution < -0.4 is 20.9 Å². The first kappa shape index (κ1) is 21.0. The van der Waals surface area contributed by atoms with Crippen LogP contribution >= 0.6 is 11.3 Å². The van der Waals surface area contributed by atoms with Gasteiger partial charge in [-0.1, -0.05) is 0 Å². The highest BCUT2D eigenvalue weighted by Crippen LogP contribution is 2.23. The van der Waals surface area contributed by atoms with Gasteiger partial charge in [-0.15, -0.1) is 11.3 Å². The number of amides is 3. The van der Waals surface area contributed by atoms with Crippen LogP contribution in [-0.2, 0) is 6.54 Å². The molecule has 3 heterocycles. The van der Waals surface area contributed by atoms with Crippen LogP contribution in [0.4, 0.5) is 15.6 Å². The van der Waals surface area contributed by atoms with Crippen LogP contribution in [0.1, 0.15) is 28.0 Å². The third-order valence-electron chi connectivity index (χ3n) is 4.72. The number of carbonyl (C=O) groups excluding carboxylic acids is 2. The van der Waals surface area contributed by atoms with Gasteiger partial charge in [0.1, 0.15) is 5.69 Å². The summed E-state index contributed by atoms with van der Waals surface area (Å²) in [6, 6.07) is 3.52. The van der Waals surface area contributed by atoms with Crippen molar-refractivity contribution in [3.63, 3.8) is 0 Å². The largest absolute Gasteiger partial charge is 0.368 e.